The summed E-state index contributed by atoms with van der Waals surface area (Å²) in [6.45, 7) is 2.34. The SMILES string of the molecule is Nc1ccc(CN2CCCCC2CCO)c(Br)c1. The second kappa shape index (κ2) is 6.55. The van der Waals surface area contributed by atoms with Gasteiger partial charge in [0.1, 0.15) is 0 Å². The normalized spacial score (nSPS) is 21.1. The highest BCUT2D eigenvalue weighted by Crippen LogP contribution is 2.26. The molecule has 100 valence electrons. The fourth-order valence-corrected chi connectivity index (χ4v) is 3.18. The molecule has 1 aliphatic rings. The number of anilines is 1. The van der Waals surface area contributed by atoms with Crippen molar-refractivity contribution in [2.45, 2.75) is 38.3 Å². The van der Waals surface area contributed by atoms with Crippen molar-refractivity contribution in [2.24, 2.45) is 0 Å². The number of benzene rings is 1. The summed E-state index contributed by atoms with van der Waals surface area (Å²) in [6.07, 6.45) is 4.62. The van der Waals surface area contributed by atoms with Gasteiger partial charge in [0, 0.05) is 29.4 Å². The molecule has 0 amide bonds. The average molecular weight is 313 g/mol. The van der Waals surface area contributed by atoms with E-state index in [0.717, 1.165) is 29.7 Å². The van der Waals surface area contributed by atoms with Crippen LogP contribution in [0.3, 0.4) is 0 Å². The highest BCUT2D eigenvalue weighted by atomic mass is 79.9. The maximum absolute atomic E-state index is 9.14. The molecule has 1 fully saturated rings. The molecule has 1 atom stereocenters. The lowest BCUT2D eigenvalue weighted by atomic mass is 9.99. The molecule has 18 heavy (non-hydrogen) atoms. The fraction of sp³-hybridized carbons (Fsp3) is 0.571. The molecule has 0 saturated carbocycles. The number of piperidine rings is 1. The number of hydrogen-bond donors (Lipinski definition) is 2. The van der Waals surface area contributed by atoms with Gasteiger partial charge in [-0.3, -0.25) is 4.90 Å². The van der Waals surface area contributed by atoms with Crippen molar-refractivity contribution in [3.05, 3.63) is 28.2 Å². The molecule has 0 bridgehead atoms. The Hall–Kier alpha value is -0.580. The molecule has 0 aromatic heterocycles. The number of rotatable bonds is 4. The van der Waals surface area contributed by atoms with Crippen molar-refractivity contribution in [1.82, 2.24) is 4.90 Å². The molecule has 1 unspecified atom stereocenters. The van der Waals surface area contributed by atoms with Crippen LogP contribution < -0.4 is 5.73 Å². The minimum Gasteiger partial charge on any atom is -0.399 e. The van der Waals surface area contributed by atoms with Crippen molar-refractivity contribution in [3.63, 3.8) is 0 Å². The Morgan fingerprint density at radius 3 is 2.94 bits per heavy atom. The number of nitrogens with two attached hydrogens (primary N) is 1. The van der Waals surface area contributed by atoms with E-state index in [4.69, 9.17) is 10.8 Å². The van der Waals surface area contributed by atoms with E-state index in [0.29, 0.717) is 6.04 Å². The quantitative estimate of drug-likeness (QED) is 0.841. The second-order valence-corrected chi connectivity index (χ2v) is 5.84. The van der Waals surface area contributed by atoms with Crippen LogP contribution in [-0.4, -0.2) is 29.2 Å². The number of halogens is 1. The van der Waals surface area contributed by atoms with Crippen molar-refractivity contribution >= 4 is 21.6 Å². The van der Waals surface area contributed by atoms with Gasteiger partial charge in [-0.1, -0.05) is 28.4 Å². The number of aliphatic hydroxyl groups is 1. The molecule has 0 radical (unpaired) electrons. The van der Waals surface area contributed by atoms with E-state index < -0.39 is 0 Å². The Kier molecular flexibility index (Phi) is 5.03. The number of aliphatic hydroxyl groups excluding tert-OH is 1. The molecule has 1 heterocycles. The van der Waals surface area contributed by atoms with Crippen LogP contribution in [0.5, 0.6) is 0 Å². The Morgan fingerprint density at radius 2 is 2.22 bits per heavy atom. The maximum atomic E-state index is 9.14. The number of nitrogens with zero attached hydrogens (tertiary/aromatic N) is 1. The summed E-state index contributed by atoms with van der Waals surface area (Å²) >= 11 is 3.58. The summed E-state index contributed by atoms with van der Waals surface area (Å²) in [5, 5.41) is 9.14. The van der Waals surface area contributed by atoms with Gasteiger partial charge in [-0.25, -0.2) is 0 Å². The van der Waals surface area contributed by atoms with Gasteiger partial charge < -0.3 is 10.8 Å². The van der Waals surface area contributed by atoms with Gasteiger partial charge in [0.25, 0.3) is 0 Å². The summed E-state index contributed by atoms with van der Waals surface area (Å²) in [7, 11) is 0. The lowest BCUT2D eigenvalue weighted by molar-refractivity contribution is 0.112. The van der Waals surface area contributed by atoms with E-state index in [1.807, 2.05) is 12.1 Å². The summed E-state index contributed by atoms with van der Waals surface area (Å²) in [5.74, 6) is 0. The molecule has 0 aliphatic carbocycles. The van der Waals surface area contributed by atoms with E-state index in [-0.39, 0.29) is 6.61 Å². The van der Waals surface area contributed by atoms with E-state index in [1.165, 1.54) is 24.8 Å². The minimum atomic E-state index is 0.282. The molecule has 1 aromatic carbocycles. The first-order chi connectivity index (χ1) is 8.70. The maximum Gasteiger partial charge on any atom is 0.0445 e. The zero-order valence-electron chi connectivity index (χ0n) is 10.6. The van der Waals surface area contributed by atoms with Gasteiger partial charge in [-0.05, 0) is 43.5 Å². The van der Waals surface area contributed by atoms with E-state index in [9.17, 15) is 0 Å². The zero-order chi connectivity index (χ0) is 13.0. The first-order valence-electron chi connectivity index (χ1n) is 6.59. The van der Waals surface area contributed by atoms with Crippen LogP contribution in [0.1, 0.15) is 31.2 Å². The standard InChI is InChI=1S/C14H21BrN2O/c15-14-9-12(16)5-4-11(14)10-17-7-2-1-3-13(17)6-8-18/h4-5,9,13,18H,1-3,6-8,10,16H2. The monoisotopic (exact) mass is 312 g/mol. The van der Waals surface area contributed by atoms with Crippen LogP contribution in [0.15, 0.2) is 22.7 Å². The topological polar surface area (TPSA) is 49.5 Å². The number of hydrogen-bond acceptors (Lipinski definition) is 3. The third-order valence-corrected chi connectivity index (χ3v) is 4.40. The molecule has 4 heteroatoms. The molecule has 1 aliphatic heterocycles. The van der Waals surface area contributed by atoms with Crippen molar-refractivity contribution in [1.29, 1.82) is 0 Å². The summed E-state index contributed by atoms with van der Waals surface area (Å²) in [5.41, 5.74) is 7.82. The van der Waals surface area contributed by atoms with Crippen LogP contribution in [-0.2, 0) is 6.54 Å². The minimum absolute atomic E-state index is 0.282. The highest BCUT2D eigenvalue weighted by molar-refractivity contribution is 9.10. The second-order valence-electron chi connectivity index (χ2n) is 4.98. The van der Waals surface area contributed by atoms with E-state index >= 15 is 0 Å². The Morgan fingerprint density at radius 1 is 1.39 bits per heavy atom. The predicted octanol–water partition coefficient (Wildman–Crippen LogP) is 2.77. The molecule has 3 N–H and O–H groups in total. The van der Waals surface area contributed by atoms with Crippen LogP contribution in [0.25, 0.3) is 0 Å². The smallest absolute Gasteiger partial charge is 0.0445 e. The highest BCUT2D eigenvalue weighted by Gasteiger charge is 2.22. The van der Waals surface area contributed by atoms with Crippen molar-refractivity contribution < 1.29 is 5.11 Å². The van der Waals surface area contributed by atoms with Gasteiger partial charge in [0.05, 0.1) is 0 Å². The van der Waals surface area contributed by atoms with Gasteiger partial charge >= 0.3 is 0 Å². The van der Waals surface area contributed by atoms with Crippen LogP contribution in [0, 0.1) is 0 Å². The van der Waals surface area contributed by atoms with Gasteiger partial charge in [-0.2, -0.15) is 0 Å². The average Bonchev–Trinajstić information content (AvgIpc) is 2.35. The lowest BCUT2D eigenvalue weighted by Gasteiger charge is -2.35. The van der Waals surface area contributed by atoms with Crippen LogP contribution >= 0.6 is 15.9 Å². The largest absolute Gasteiger partial charge is 0.399 e. The van der Waals surface area contributed by atoms with Crippen LogP contribution in [0.2, 0.25) is 0 Å². The first kappa shape index (κ1) is 13.8. The Labute approximate surface area is 117 Å². The Bertz CT molecular complexity index is 395. The molecule has 2 rings (SSSR count). The number of likely N-dealkylation sites (tertiary alicyclic amines) is 1. The van der Waals surface area contributed by atoms with Crippen molar-refractivity contribution in [3.8, 4) is 0 Å². The number of nitrogen functional groups attached to an aromatic ring is 1. The third kappa shape index (κ3) is 3.46. The van der Waals surface area contributed by atoms with E-state index in [2.05, 4.69) is 26.9 Å². The molecular weight excluding hydrogens is 292 g/mol. The molecule has 1 aromatic rings. The first-order valence-corrected chi connectivity index (χ1v) is 7.39. The van der Waals surface area contributed by atoms with Gasteiger partial charge in [-0.15, -0.1) is 0 Å². The molecule has 3 nitrogen and oxygen atoms in total. The summed E-state index contributed by atoms with van der Waals surface area (Å²) in [6, 6.07) is 6.52. The lowest BCUT2D eigenvalue weighted by Crippen LogP contribution is -2.39. The van der Waals surface area contributed by atoms with Crippen LogP contribution in [0.4, 0.5) is 5.69 Å². The summed E-state index contributed by atoms with van der Waals surface area (Å²) in [4.78, 5) is 2.48. The molecule has 1 saturated heterocycles. The van der Waals surface area contributed by atoms with Gasteiger partial charge in [0.15, 0.2) is 0 Å². The fourth-order valence-electron chi connectivity index (χ4n) is 2.65. The Balaban J connectivity index is 2.06. The predicted molar refractivity (Wildman–Crippen MR) is 78.3 cm³/mol. The third-order valence-electron chi connectivity index (χ3n) is 3.66. The summed E-state index contributed by atoms with van der Waals surface area (Å²) < 4.78 is 1.08. The molecule has 0 spiro atoms. The zero-order valence-corrected chi connectivity index (χ0v) is 12.2. The van der Waals surface area contributed by atoms with E-state index in [1.54, 1.807) is 0 Å². The van der Waals surface area contributed by atoms with Crippen molar-refractivity contribution in [2.75, 3.05) is 18.9 Å². The molecular formula is C14H21BrN2O. The van der Waals surface area contributed by atoms with Gasteiger partial charge in [0.2, 0.25) is 0 Å².